The first-order valence-electron chi connectivity index (χ1n) is 9.13. The van der Waals surface area contributed by atoms with E-state index in [1.54, 1.807) is 25.4 Å². The van der Waals surface area contributed by atoms with Crippen molar-refractivity contribution < 1.29 is 14.3 Å². The van der Waals surface area contributed by atoms with Crippen LogP contribution in [0.1, 0.15) is 23.7 Å². The molecule has 0 spiro atoms. The maximum absolute atomic E-state index is 12.5. The van der Waals surface area contributed by atoms with Crippen molar-refractivity contribution in [3.63, 3.8) is 0 Å². The maximum Gasteiger partial charge on any atom is 0.212 e. The summed E-state index contributed by atoms with van der Waals surface area (Å²) in [6.07, 6.45) is 2.68. The number of para-hydroxylation sites is 1. The molecule has 5 nitrogen and oxygen atoms in total. The van der Waals surface area contributed by atoms with Gasteiger partial charge in [-0.05, 0) is 24.1 Å². The lowest BCUT2D eigenvalue weighted by atomic mass is 9.94. The van der Waals surface area contributed by atoms with Crippen molar-refractivity contribution in [2.24, 2.45) is 11.8 Å². The maximum atomic E-state index is 12.5. The number of nitrogens with zero attached hydrogens (tertiary/aromatic N) is 2. The van der Waals surface area contributed by atoms with Gasteiger partial charge in [0.25, 0.3) is 0 Å². The Hall–Kier alpha value is -2.40. The predicted molar refractivity (Wildman–Crippen MR) is 101 cm³/mol. The number of ether oxygens (including phenoxy) is 2. The minimum Gasteiger partial charge on any atom is -0.493 e. The molecular weight excluding hydrogens is 328 g/mol. The Morgan fingerprint density at radius 2 is 1.92 bits per heavy atom. The van der Waals surface area contributed by atoms with Crippen LogP contribution in [0.3, 0.4) is 0 Å². The van der Waals surface area contributed by atoms with Crippen molar-refractivity contribution in [1.82, 2.24) is 9.88 Å². The van der Waals surface area contributed by atoms with Gasteiger partial charge in [0.05, 0.1) is 20.3 Å². The number of ketones is 1. The molecule has 26 heavy (non-hydrogen) atoms. The van der Waals surface area contributed by atoms with Crippen molar-refractivity contribution in [1.29, 1.82) is 0 Å². The average Bonchev–Trinajstić information content (AvgIpc) is 3.09. The molecule has 2 heterocycles. The molecule has 1 aromatic heterocycles. The van der Waals surface area contributed by atoms with E-state index in [-0.39, 0.29) is 5.78 Å². The van der Waals surface area contributed by atoms with Crippen LogP contribution >= 0.6 is 0 Å². The third-order valence-electron chi connectivity index (χ3n) is 5.02. The summed E-state index contributed by atoms with van der Waals surface area (Å²) in [6, 6.07) is 13.4. The van der Waals surface area contributed by atoms with Crippen LogP contribution in [0.4, 0.5) is 0 Å². The summed E-state index contributed by atoms with van der Waals surface area (Å²) < 4.78 is 11.0. The number of Topliss-reactive ketones (excluding diaryl/α,β-unsaturated/α-hetero) is 1. The van der Waals surface area contributed by atoms with Gasteiger partial charge < -0.3 is 9.47 Å². The van der Waals surface area contributed by atoms with E-state index in [2.05, 4.69) is 16.8 Å². The molecule has 1 saturated heterocycles. The molecule has 0 radical (unpaired) electrons. The Bertz CT molecular complexity index is 703. The number of hydrogen-bond acceptors (Lipinski definition) is 5. The number of likely N-dealkylation sites (tertiary alicyclic amines) is 1. The zero-order valence-electron chi connectivity index (χ0n) is 15.4. The van der Waals surface area contributed by atoms with E-state index in [0.29, 0.717) is 36.4 Å². The fraction of sp³-hybridized carbons (Fsp3) is 0.429. The van der Waals surface area contributed by atoms with Crippen molar-refractivity contribution in [3.8, 4) is 11.6 Å². The van der Waals surface area contributed by atoms with Gasteiger partial charge in [0.2, 0.25) is 5.88 Å². The Morgan fingerprint density at radius 1 is 1.15 bits per heavy atom. The zero-order chi connectivity index (χ0) is 18.4. The Kier molecular flexibility index (Phi) is 6.23. The van der Waals surface area contributed by atoms with Crippen LogP contribution in [0.25, 0.3) is 0 Å². The number of carbonyl (C=O) groups excluding carboxylic acids is 1. The van der Waals surface area contributed by atoms with Crippen LogP contribution in [0.15, 0.2) is 48.7 Å². The summed E-state index contributed by atoms with van der Waals surface area (Å²) in [4.78, 5) is 18.9. The summed E-state index contributed by atoms with van der Waals surface area (Å²) in [5.41, 5.74) is 0.628. The Labute approximate surface area is 155 Å². The van der Waals surface area contributed by atoms with Crippen molar-refractivity contribution in [2.45, 2.75) is 13.3 Å². The number of aromatic nitrogens is 1. The normalized spacial score (nSPS) is 20.1. The first-order chi connectivity index (χ1) is 12.7. The molecule has 138 valence electrons. The van der Waals surface area contributed by atoms with Gasteiger partial charge in [-0.2, -0.15) is 0 Å². The van der Waals surface area contributed by atoms with Gasteiger partial charge in [-0.15, -0.1) is 0 Å². The van der Waals surface area contributed by atoms with Gasteiger partial charge in [-0.25, -0.2) is 4.98 Å². The summed E-state index contributed by atoms with van der Waals surface area (Å²) >= 11 is 0. The Balaban J connectivity index is 1.54. The van der Waals surface area contributed by atoms with Crippen molar-refractivity contribution in [2.75, 3.05) is 33.4 Å². The molecule has 0 bridgehead atoms. The number of methoxy groups -OCH3 is 1. The van der Waals surface area contributed by atoms with Gasteiger partial charge in [-0.3, -0.25) is 9.69 Å². The SMILES string of the molecule is CC[C@@H]1CN(CC(=O)c2ccc(OC)nc2)C[C@@H]1COc1ccccc1. The van der Waals surface area contributed by atoms with Crippen LogP contribution in [0, 0.1) is 11.8 Å². The Morgan fingerprint density at radius 3 is 2.58 bits per heavy atom. The lowest BCUT2D eigenvalue weighted by Gasteiger charge is -2.17. The molecule has 0 unspecified atom stereocenters. The monoisotopic (exact) mass is 354 g/mol. The molecular formula is C21H26N2O3. The highest BCUT2D eigenvalue weighted by Crippen LogP contribution is 2.27. The van der Waals surface area contributed by atoms with Crippen molar-refractivity contribution in [3.05, 3.63) is 54.2 Å². The fourth-order valence-corrected chi connectivity index (χ4v) is 3.50. The van der Waals surface area contributed by atoms with Crippen molar-refractivity contribution >= 4 is 5.78 Å². The van der Waals surface area contributed by atoms with Gasteiger partial charge in [-0.1, -0.05) is 31.5 Å². The number of carbonyl (C=O) groups is 1. The molecule has 2 atom stereocenters. The van der Waals surface area contributed by atoms with E-state index in [1.807, 2.05) is 30.3 Å². The molecule has 1 fully saturated rings. The number of hydrogen-bond donors (Lipinski definition) is 0. The minimum atomic E-state index is 0.0969. The first-order valence-corrected chi connectivity index (χ1v) is 9.13. The molecule has 0 amide bonds. The molecule has 0 saturated carbocycles. The minimum absolute atomic E-state index is 0.0969. The standard InChI is InChI=1S/C21H26N2O3/c1-3-16-12-23(13-18(16)15-26-19-7-5-4-6-8-19)14-20(24)17-9-10-21(25-2)22-11-17/h4-11,16,18H,3,12-15H2,1-2H3/t16-,18-/m1/s1. The van der Waals surface area contributed by atoms with Crippen LogP contribution in [-0.2, 0) is 0 Å². The smallest absolute Gasteiger partial charge is 0.212 e. The highest BCUT2D eigenvalue weighted by atomic mass is 16.5. The predicted octanol–water partition coefficient (Wildman–Crippen LogP) is 3.31. The quantitative estimate of drug-likeness (QED) is 0.681. The highest BCUT2D eigenvalue weighted by Gasteiger charge is 2.33. The molecule has 1 aliphatic heterocycles. The van der Waals surface area contributed by atoms with Crippen LogP contribution in [0.5, 0.6) is 11.6 Å². The van der Waals surface area contributed by atoms with Gasteiger partial charge >= 0.3 is 0 Å². The van der Waals surface area contributed by atoms with E-state index < -0.39 is 0 Å². The molecule has 0 N–H and O–H groups in total. The van der Waals surface area contributed by atoms with Crippen LogP contribution in [0.2, 0.25) is 0 Å². The van der Waals surface area contributed by atoms with E-state index in [9.17, 15) is 4.79 Å². The lowest BCUT2D eigenvalue weighted by molar-refractivity contribution is 0.0940. The molecule has 1 aliphatic rings. The summed E-state index contributed by atoms with van der Waals surface area (Å²) in [5, 5.41) is 0. The summed E-state index contributed by atoms with van der Waals surface area (Å²) in [5.74, 6) is 2.52. The first kappa shape index (κ1) is 18.4. The molecule has 1 aromatic carbocycles. The van der Waals surface area contributed by atoms with E-state index >= 15 is 0 Å². The second-order valence-corrected chi connectivity index (χ2v) is 6.76. The summed E-state index contributed by atoms with van der Waals surface area (Å²) in [6.45, 7) is 5.15. The van der Waals surface area contributed by atoms with Crippen LogP contribution < -0.4 is 9.47 Å². The third kappa shape index (κ3) is 4.61. The largest absolute Gasteiger partial charge is 0.493 e. The second-order valence-electron chi connectivity index (χ2n) is 6.76. The number of benzene rings is 1. The number of rotatable bonds is 8. The van der Waals surface area contributed by atoms with E-state index in [0.717, 1.165) is 25.3 Å². The van der Waals surface area contributed by atoms with Crippen LogP contribution in [-0.4, -0.2) is 49.0 Å². The number of pyridine rings is 1. The molecule has 5 heteroatoms. The second kappa shape index (κ2) is 8.81. The molecule has 2 aromatic rings. The highest BCUT2D eigenvalue weighted by molar-refractivity contribution is 5.97. The topological polar surface area (TPSA) is 51.7 Å². The lowest BCUT2D eigenvalue weighted by Crippen LogP contribution is -2.28. The molecule has 0 aliphatic carbocycles. The zero-order valence-corrected chi connectivity index (χ0v) is 15.4. The van der Waals surface area contributed by atoms with Gasteiger partial charge in [0, 0.05) is 36.8 Å². The average molecular weight is 354 g/mol. The fourth-order valence-electron chi connectivity index (χ4n) is 3.50. The van der Waals surface area contributed by atoms with Gasteiger partial charge in [0.1, 0.15) is 5.75 Å². The summed E-state index contributed by atoms with van der Waals surface area (Å²) in [7, 11) is 1.57. The van der Waals surface area contributed by atoms with E-state index in [1.165, 1.54) is 0 Å². The van der Waals surface area contributed by atoms with Gasteiger partial charge in [0.15, 0.2) is 5.78 Å². The van der Waals surface area contributed by atoms with E-state index in [4.69, 9.17) is 9.47 Å². The third-order valence-corrected chi connectivity index (χ3v) is 5.02. The molecule has 3 rings (SSSR count).